The monoisotopic (exact) mass is 433 g/mol. The number of morpholine rings is 1. The molecular weight excluding hydrogens is 414 g/mol. The van der Waals surface area contributed by atoms with Crippen molar-refractivity contribution in [3.8, 4) is 0 Å². The number of ether oxygens (including phenoxy) is 1. The van der Waals surface area contributed by atoms with Crippen LogP contribution in [-0.2, 0) is 10.9 Å². The minimum atomic E-state index is -4.76. The molecule has 31 heavy (non-hydrogen) atoms. The first-order valence-corrected chi connectivity index (χ1v) is 9.93. The summed E-state index contributed by atoms with van der Waals surface area (Å²) in [5.41, 5.74) is 0.439. The lowest BCUT2D eigenvalue weighted by molar-refractivity contribution is -0.140. The molecular formula is C21H19F4N5O. The zero-order valence-electron chi connectivity index (χ0n) is 16.5. The van der Waals surface area contributed by atoms with Crippen LogP contribution in [0.3, 0.4) is 0 Å². The van der Waals surface area contributed by atoms with Gasteiger partial charge < -0.3 is 15.0 Å². The van der Waals surface area contributed by atoms with Crippen LogP contribution in [0.25, 0.3) is 11.0 Å². The van der Waals surface area contributed by atoms with Gasteiger partial charge in [-0.25, -0.2) is 9.37 Å². The molecule has 3 saturated heterocycles. The Bertz CT molecular complexity index is 1120. The van der Waals surface area contributed by atoms with Gasteiger partial charge in [-0.15, -0.1) is 5.10 Å². The highest BCUT2D eigenvalue weighted by Gasteiger charge is 2.38. The van der Waals surface area contributed by atoms with E-state index in [0.29, 0.717) is 16.7 Å². The summed E-state index contributed by atoms with van der Waals surface area (Å²) in [7, 11) is 0. The third-order valence-electron chi connectivity index (χ3n) is 5.78. The van der Waals surface area contributed by atoms with Crippen LogP contribution in [0.15, 0.2) is 36.7 Å². The Labute approximate surface area is 175 Å². The Kier molecular flexibility index (Phi) is 4.69. The molecule has 3 aromatic rings. The Hall–Kier alpha value is -3.01. The summed E-state index contributed by atoms with van der Waals surface area (Å²) in [5, 5.41) is 11.7. The Morgan fingerprint density at radius 1 is 1.19 bits per heavy atom. The van der Waals surface area contributed by atoms with E-state index in [4.69, 9.17) is 4.74 Å². The second kappa shape index (κ2) is 7.30. The van der Waals surface area contributed by atoms with Gasteiger partial charge in [-0.2, -0.15) is 18.3 Å². The minimum absolute atomic E-state index is 0.0860. The highest BCUT2D eigenvalue weighted by Crippen LogP contribution is 2.36. The van der Waals surface area contributed by atoms with E-state index in [-0.39, 0.29) is 17.8 Å². The minimum Gasteiger partial charge on any atom is -0.377 e. The van der Waals surface area contributed by atoms with Gasteiger partial charge in [0.05, 0.1) is 47.6 Å². The predicted molar refractivity (Wildman–Crippen MR) is 106 cm³/mol. The first-order chi connectivity index (χ1) is 14.8. The highest BCUT2D eigenvalue weighted by molar-refractivity contribution is 5.90. The third-order valence-corrected chi connectivity index (χ3v) is 5.78. The second-order valence-corrected chi connectivity index (χ2v) is 7.92. The number of nitrogens with zero attached hydrogens (tertiary/aromatic N) is 4. The van der Waals surface area contributed by atoms with Crippen molar-refractivity contribution in [2.45, 2.75) is 37.8 Å². The average molecular weight is 433 g/mol. The second-order valence-electron chi connectivity index (χ2n) is 7.92. The number of piperidine rings is 1. The van der Waals surface area contributed by atoms with Gasteiger partial charge in [0.2, 0.25) is 0 Å². The fraction of sp³-hybridized carbons (Fsp3) is 0.381. The summed E-state index contributed by atoms with van der Waals surface area (Å²) in [4.78, 5) is 6.57. The van der Waals surface area contributed by atoms with Crippen molar-refractivity contribution >= 4 is 22.4 Å². The van der Waals surface area contributed by atoms with Crippen LogP contribution in [0, 0.1) is 5.82 Å². The summed E-state index contributed by atoms with van der Waals surface area (Å²) in [6, 6.07) is 4.45. The Morgan fingerprint density at radius 3 is 2.65 bits per heavy atom. The lowest BCUT2D eigenvalue weighted by atomic mass is 9.98. The largest absolute Gasteiger partial charge is 0.419 e. The smallest absolute Gasteiger partial charge is 0.377 e. The van der Waals surface area contributed by atoms with E-state index in [9.17, 15) is 17.6 Å². The molecule has 2 bridgehead atoms. The van der Waals surface area contributed by atoms with Crippen LogP contribution < -0.4 is 10.2 Å². The zero-order valence-corrected chi connectivity index (χ0v) is 16.5. The molecule has 2 aromatic heterocycles. The maximum atomic E-state index is 14.6. The maximum absolute atomic E-state index is 14.6. The molecule has 5 heterocycles. The number of pyridine rings is 1. The molecule has 0 aliphatic carbocycles. The first-order valence-electron chi connectivity index (χ1n) is 9.93. The van der Waals surface area contributed by atoms with Crippen molar-refractivity contribution < 1.29 is 22.3 Å². The molecule has 6 nitrogen and oxygen atoms in total. The van der Waals surface area contributed by atoms with Gasteiger partial charge in [-0.05, 0) is 19.1 Å². The molecule has 1 N–H and O–H groups in total. The van der Waals surface area contributed by atoms with Crippen molar-refractivity contribution in [2.24, 2.45) is 0 Å². The molecule has 0 radical (unpaired) electrons. The Balaban J connectivity index is 1.46. The van der Waals surface area contributed by atoms with E-state index < -0.39 is 23.6 Å². The van der Waals surface area contributed by atoms with E-state index >= 15 is 0 Å². The molecule has 2 unspecified atom stereocenters. The number of rotatable bonds is 4. The number of fused-ring (bicyclic) bond motifs is 3. The van der Waals surface area contributed by atoms with Crippen molar-refractivity contribution in [3.63, 3.8) is 0 Å². The average Bonchev–Trinajstić information content (AvgIpc) is 2.72. The van der Waals surface area contributed by atoms with Gasteiger partial charge in [0, 0.05) is 30.5 Å². The number of nitrogens with one attached hydrogen (secondary N) is 1. The van der Waals surface area contributed by atoms with E-state index in [0.717, 1.165) is 31.3 Å². The molecule has 0 spiro atoms. The summed E-state index contributed by atoms with van der Waals surface area (Å²) in [5.74, 6) is -1.28. The van der Waals surface area contributed by atoms with E-state index in [1.165, 1.54) is 18.3 Å². The number of halogens is 4. The molecule has 3 atom stereocenters. The lowest BCUT2D eigenvalue weighted by Gasteiger charge is -2.47. The van der Waals surface area contributed by atoms with Gasteiger partial charge in [0.1, 0.15) is 5.82 Å². The number of benzene rings is 1. The summed E-state index contributed by atoms with van der Waals surface area (Å²) < 4.78 is 59.5. The quantitative estimate of drug-likeness (QED) is 0.618. The zero-order chi connectivity index (χ0) is 21.8. The molecule has 162 valence electrons. The van der Waals surface area contributed by atoms with Crippen LogP contribution in [-0.4, -0.2) is 40.5 Å². The van der Waals surface area contributed by atoms with E-state index in [1.54, 1.807) is 13.1 Å². The van der Waals surface area contributed by atoms with Gasteiger partial charge >= 0.3 is 6.18 Å². The van der Waals surface area contributed by atoms with E-state index in [1.807, 2.05) is 6.07 Å². The van der Waals surface area contributed by atoms with Gasteiger partial charge in [0.15, 0.2) is 5.65 Å². The third kappa shape index (κ3) is 3.65. The summed E-state index contributed by atoms with van der Waals surface area (Å²) >= 11 is 0. The van der Waals surface area contributed by atoms with Crippen LogP contribution in [0.5, 0.6) is 0 Å². The SMILES string of the molecule is C[C@@H](Nc1cnnc2ncc(N3CC4CC(C3)O4)cc12)c1cccc(C(F)(F)F)c1F. The van der Waals surface area contributed by atoms with Crippen molar-refractivity contribution in [1.82, 2.24) is 15.2 Å². The van der Waals surface area contributed by atoms with Crippen LogP contribution in [0.4, 0.5) is 28.9 Å². The van der Waals surface area contributed by atoms with Crippen LogP contribution in [0.1, 0.15) is 30.5 Å². The normalized spacial score (nSPS) is 21.6. The fourth-order valence-corrected chi connectivity index (χ4v) is 4.20. The molecule has 0 amide bonds. The van der Waals surface area contributed by atoms with Gasteiger partial charge in [-0.3, -0.25) is 0 Å². The molecule has 3 aliphatic heterocycles. The molecule has 3 aliphatic rings. The van der Waals surface area contributed by atoms with Crippen molar-refractivity contribution in [3.05, 3.63) is 53.6 Å². The molecule has 1 aromatic carbocycles. The van der Waals surface area contributed by atoms with Crippen LogP contribution in [0.2, 0.25) is 0 Å². The Morgan fingerprint density at radius 2 is 1.94 bits per heavy atom. The highest BCUT2D eigenvalue weighted by atomic mass is 19.4. The molecule has 10 heteroatoms. The van der Waals surface area contributed by atoms with E-state index in [2.05, 4.69) is 25.4 Å². The summed E-state index contributed by atoms with van der Waals surface area (Å²) in [6.07, 6.45) is -0.0511. The number of anilines is 2. The predicted octanol–water partition coefficient (Wildman–Crippen LogP) is 4.33. The lowest BCUT2D eigenvalue weighted by Crippen LogP contribution is -2.57. The molecule has 6 rings (SSSR count). The number of hydrogen-bond donors (Lipinski definition) is 1. The molecule has 3 fully saturated rings. The number of hydrogen-bond acceptors (Lipinski definition) is 6. The van der Waals surface area contributed by atoms with Gasteiger partial charge in [-0.1, -0.05) is 12.1 Å². The maximum Gasteiger partial charge on any atom is 0.419 e. The van der Waals surface area contributed by atoms with Crippen molar-refractivity contribution in [2.75, 3.05) is 23.3 Å². The number of aromatic nitrogens is 3. The topological polar surface area (TPSA) is 63.2 Å². The fourth-order valence-electron chi connectivity index (χ4n) is 4.20. The first kappa shape index (κ1) is 19.9. The van der Waals surface area contributed by atoms with Crippen molar-refractivity contribution in [1.29, 1.82) is 0 Å². The van der Waals surface area contributed by atoms with Gasteiger partial charge in [0.25, 0.3) is 0 Å². The summed E-state index contributed by atoms with van der Waals surface area (Å²) in [6.45, 7) is 3.14. The standard InChI is InChI=1S/C21H19F4N5O/c1-11(15-3-2-4-17(19(15)22)21(23,24)25)28-18-8-27-29-20-16(18)5-12(7-26-20)30-9-13-6-14(10-30)31-13/h2-5,7-8,11,13-14H,6,9-10H2,1H3,(H,26,28,29)/t11-,13?,14?/m1/s1. The number of alkyl halides is 3. The van der Waals surface area contributed by atoms with Crippen LogP contribution >= 0.6 is 0 Å². The molecule has 0 saturated carbocycles.